The molecule has 1 saturated heterocycles. The summed E-state index contributed by atoms with van der Waals surface area (Å²) in [6.45, 7) is 8.10. The molecule has 1 unspecified atom stereocenters. The third kappa shape index (κ3) is 3.84. The van der Waals surface area contributed by atoms with E-state index in [1.165, 1.54) is 0 Å². The van der Waals surface area contributed by atoms with Gasteiger partial charge in [-0.1, -0.05) is 0 Å². The molecule has 20 heavy (non-hydrogen) atoms. The Morgan fingerprint density at radius 1 is 1.50 bits per heavy atom. The van der Waals surface area contributed by atoms with Gasteiger partial charge in [-0.3, -0.25) is 9.69 Å². The third-order valence-corrected chi connectivity index (χ3v) is 3.92. The van der Waals surface area contributed by atoms with Gasteiger partial charge in [-0.2, -0.15) is 0 Å². The summed E-state index contributed by atoms with van der Waals surface area (Å²) in [7, 11) is 0. The molecule has 2 heterocycles. The highest BCUT2D eigenvalue weighted by molar-refractivity contribution is 5.78. The van der Waals surface area contributed by atoms with Crippen LogP contribution in [0.1, 0.15) is 42.9 Å². The zero-order valence-corrected chi connectivity index (χ0v) is 12.6. The second kappa shape index (κ2) is 6.41. The molecule has 2 rings (SSSR count). The lowest BCUT2D eigenvalue weighted by atomic mass is 10.1. The van der Waals surface area contributed by atoms with Crippen LogP contribution in [0.25, 0.3) is 0 Å². The van der Waals surface area contributed by atoms with Crippen LogP contribution in [-0.2, 0) is 4.79 Å². The molecule has 1 aromatic rings. The Balaban J connectivity index is 1.83. The summed E-state index contributed by atoms with van der Waals surface area (Å²) in [6.07, 6.45) is 1.95. The lowest BCUT2D eigenvalue weighted by molar-refractivity contribution is -0.123. The molecule has 5 heteroatoms. The minimum Gasteiger partial charge on any atom is -0.466 e. The van der Waals surface area contributed by atoms with Gasteiger partial charge in [0.2, 0.25) is 5.91 Å². The molecule has 1 aliphatic rings. The van der Waals surface area contributed by atoms with Gasteiger partial charge in [-0.25, -0.2) is 0 Å². The number of nitrogens with zero attached hydrogens (tertiary/aromatic N) is 1. The molecule has 1 amide bonds. The number of carbonyl (C=O) groups excluding carboxylic acids is 1. The lowest BCUT2D eigenvalue weighted by Gasteiger charge is -2.29. The zero-order chi connectivity index (χ0) is 14.7. The van der Waals surface area contributed by atoms with Gasteiger partial charge in [0.15, 0.2) is 0 Å². The number of amides is 1. The maximum absolute atomic E-state index is 12.1. The van der Waals surface area contributed by atoms with Crippen LogP contribution in [0.4, 0.5) is 0 Å². The SMILES string of the molecule is Cc1cc(C(C)NC(=O)CN2CCC(N)CC2)c(C)o1. The molecule has 0 radical (unpaired) electrons. The van der Waals surface area contributed by atoms with Crippen molar-refractivity contribution < 1.29 is 9.21 Å². The van der Waals surface area contributed by atoms with Crippen LogP contribution in [0.2, 0.25) is 0 Å². The summed E-state index contributed by atoms with van der Waals surface area (Å²) in [4.78, 5) is 14.2. The average molecular weight is 279 g/mol. The van der Waals surface area contributed by atoms with Gasteiger partial charge in [0.05, 0.1) is 12.6 Å². The minimum atomic E-state index is -0.0213. The van der Waals surface area contributed by atoms with Crippen LogP contribution in [0.15, 0.2) is 10.5 Å². The fourth-order valence-corrected chi connectivity index (χ4v) is 2.76. The lowest BCUT2D eigenvalue weighted by Crippen LogP contribution is -2.44. The van der Waals surface area contributed by atoms with E-state index in [0.29, 0.717) is 12.6 Å². The first-order valence-corrected chi connectivity index (χ1v) is 7.30. The fourth-order valence-electron chi connectivity index (χ4n) is 2.76. The molecular weight excluding hydrogens is 254 g/mol. The van der Waals surface area contributed by atoms with Crippen molar-refractivity contribution in [2.75, 3.05) is 19.6 Å². The normalized spacial score (nSPS) is 19.0. The number of hydrogen-bond donors (Lipinski definition) is 2. The van der Waals surface area contributed by atoms with Gasteiger partial charge < -0.3 is 15.5 Å². The Labute approximate surface area is 120 Å². The van der Waals surface area contributed by atoms with Crippen molar-refractivity contribution in [1.29, 1.82) is 0 Å². The van der Waals surface area contributed by atoms with Crippen LogP contribution < -0.4 is 11.1 Å². The molecule has 1 fully saturated rings. The summed E-state index contributed by atoms with van der Waals surface area (Å²) in [5, 5.41) is 3.04. The van der Waals surface area contributed by atoms with E-state index in [2.05, 4.69) is 10.2 Å². The first-order chi connectivity index (χ1) is 9.45. The maximum Gasteiger partial charge on any atom is 0.234 e. The van der Waals surface area contributed by atoms with Gasteiger partial charge in [-0.05, 0) is 39.7 Å². The standard InChI is InChI=1S/C15H25N3O2/c1-10-8-14(12(3)20-10)11(2)17-15(19)9-18-6-4-13(16)5-7-18/h8,11,13H,4-7,9,16H2,1-3H3,(H,17,19). The minimum absolute atomic E-state index is 0.0213. The van der Waals surface area contributed by atoms with E-state index in [1.54, 1.807) is 0 Å². The molecule has 0 saturated carbocycles. The van der Waals surface area contributed by atoms with E-state index in [4.69, 9.17) is 10.2 Å². The Morgan fingerprint density at radius 2 is 2.15 bits per heavy atom. The van der Waals surface area contributed by atoms with Crippen molar-refractivity contribution in [2.24, 2.45) is 5.73 Å². The first kappa shape index (κ1) is 15.1. The summed E-state index contributed by atoms with van der Waals surface area (Å²) in [5.41, 5.74) is 6.92. The molecule has 0 spiro atoms. The van der Waals surface area contributed by atoms with E-state index < -0.39 is 0 Å². The van der Waals surface area contributed by atoms with Gasteiger partial charge in [0, 0.05) is 24.7 Å². The van der Waals surface area contributed by atoms with Crippen molar-refractivity contribution in [3.05, 3.63) is 23.2 Å². The number of likely N-dealkylation sites (tertiary alicyclic amines) is 1. The fraction of sp³-hybridized carbons (Fsp3) is 0.667. The number of nitrogens with one attached hydrogen (secondary N) is 1. The van der Waals surface area contributed by atoms with Crippen LogP contribution in [0, 0.1) is 13.8 Å². The molecule has 0 aliphatic carbocycles. The van der Waals surface area contributed by atoms with Crippen molar-refractivity contribution in [3.63, 3.8) is 0 Å². The zero-order valence-electron chi connectivity index (χ0n) is 12.6. The van der Waals surface area contributed by atoms with Crippen molar-refractivity contribution >= 4 is 5.91 Å². The summed E-state index contributed by atoms with van der Waals surface area (Å²) >= 11 is 0. The third-order valence-electron chi connectivity index (χ3n) is 3.92. The number of furan rings is 1. The Morgan fingerprint density at radius 3 is 2.70 bits per heavy atom. The predicted octanol–water partition coefficient (Wildman–Crippen LogP) is 1.50. The second-order valence-corrected chi connectivity index (χ2v) is 5.77. The van der Waals surface area contributed by atoms with E-state index in [1.807, 2.05) is 26.8 Å². The van der Waals surface area contributed by atoms with Gasteiger partial charge >= 0.3 is 0 Å². The number of nitrogens with two attached hydrogens (primary N) is 1. The maximum atomic E-state index is 12.1. The monoisotopic (exact) mass is 279 g/mol. The Kier molecular flexibility index (Phi) is 4.83. The Hall–Kier alpha value is -1.33. The van der Waals surface area contributed by atoms with Gasteiger partial charge in [-0.15, -0.1) is 0 Å². The van der Waals surface area contributed by atoms with E-state index in [0.717, 1.165) is 43.0 Å². The van der Waals surface area contributed by atoms with Crippen molar-refractivity contribution in [3.8, 4) is 0 Å². The molecule has 0 aromatic carbocycles. The summed E-state index contributed by atoms with van der Waals surface area (Å²) in [5.74, 6) is 1.81. The predicted molar refractivity (Wildman–Crippen MR) is 78.4 cm³/mol. The molecule has 5 nitrogen and oxygen atoms in total. The van der Waals surface area contributed by atoms with Crippen LogP contribution in [0.3, 0.4) is 0 Å². The summed E-state index contributed by atoms with van der Waals surface area (Å²) in [6, 6.07) is 2.26. The molecule has 1 aliphatic heterocycles. The second-order valence-electron chi connectivity index (χ2n) is 5.77. The molecule has 0 bridgehead atoms. The van der Waals surface area contributed by atoms with Crippen molar-refractivity contribution in [1.82, 2.24) is 10.2 Å². The van der Waals surface area contributed by atoms with Crippen molar-refractivity contribution in [2.45, 2.75) is 45.7 Å². The van der Waals surface area contributed by atoms with Gasteiger partial charge in [0.1, 0.15) is 11.5 Å². The number of carbonyl (C=O) groups is 1. The molecular formula is C15H25N3O2. The summed E-state index contributed by atoms with van der Waals surface area (Å²) < 4.78 is 5.50. The highest BCUT2D eigenvalue weighted by atomic mass is 16.3. The van der Waals surface area contributed by atoms with E-state index >= 15 is 0 Å². The highest BCUT2D eigenvalue weighted by Crippen LogP contribution is 2.21. The first-order valence-electron chi connectivity index (χ1n) is 7.30. The topological polar surface area (TPSA) is 71.5 Å². The van der Waals surface area contributed by atoms with Gasteiger partial charge in [0.25, 0.3) is 0 Å². The molecule has 1 aromatic heterocycles. The van der Waals surface area contributed by atoms with E-state index in [-0.39, 0.29) is 11.9 Å². The van der Waals surface area contributed by atoms with Crippen LogP contribution in [0.5, 0.6) is 0 Å². The van der Waals surface area contributed by atoms with Crippen LogP contribution >= 0.6 is 0 Å². The molecule has 112 valence electrons. The molecule has 3 N–H and O–H groups in total. The number of rotatable bonds is 4. The quantitative estimate of drug-likeness (QED) is 0.876. The molecule has 1 atom stereocenters. The van der Waals surface area contributed by atoms with Crippen LogP contribution in [-0.4, -0.2) is 36.5 Å². The smallest absolute Gasteiger partial charge is 0.234 e. The average Bonchev–Trinajstić information content (AvgIpc) is 2.71. The number of aryl methyl sites for hydroxylation is 2. The number of hydrogen-bond acceptors (Lipinski definition) is 4. The highest BCUT2D eigenvalue weighted by Gasteiger charge is 2.20. The Bertz CT molecular complexity index is 462. The number of piperidine rings is 1. The largest absolute Gasteiger partial charge is 0.466 e. The van der Waals surface area contributed by atoms with E-state index in [9.17, 15) is 4.79 Å².